The Labute approximate surface area is 112 Å². The van der Waals surface area contributed by atoms with Gasteiger partial charge >= 0.3 is 5.76 Å². The highest BCUT2D eigenvalue weighted by molar-refractivity contribution is 5.73. The second-order valence-electron chi connectivity index (χ2n) is 5.89. The highest BCUT2D eigenvalue weighted by Gasteiger charge is 2.14. The molecule has 104 valence electrons. The summed E-state index contributed by atoms with van der Waals surface area (Å²) in [5.41, 5.74) is 8.33. The first-order valence-corrected chi connectivity index (χ1v) is 6.32. The predicted molar refractivity (Wildman–Crippen MR) is 76.1 cm³/mol. The molecule has 1 aromatic carbocycles. The van der Waals surface area contributed by atoms with Crippen molar-refractivity contribution in [2.75, 3.05) is 13.6 Å². The third kappa shape index (κ3) is 3.24. The van der Waals surface area contributed by atoms with Gasteiger partial charge in [0.2, 0.25) is 0 Å². The molecular formula is C14H21N3O2. The van der Waals surface area contributed by atoms with E-state index in [1.54, 1.807) is 7.05 Å². The van der Waals surface area contributed by atoms with Gasteiger partial charge in [0, 0.05) is 25.7 Å². The van der Waals surface area contributed by atoms with Crippen LogP contribution in [0.1, 0.15) is 19.4 Å². The van der Waals surface area contributed by atoms with Gasteiger partial charge in [-0.15, -0.1) is 0 Å². The number of aromatic nitrogens is 1. The maximum absolute atomic E-state index is 11.4. The first-order valence-electron chi connectivity index (χ1n) is 6.32. The van der Waals surface area contributed by atoms with Gasteiger partial charge < -0.3 is 15.1 Å². The zero-order valence-corrected chi connectivity index (χ0v) is 11.9. The lowest BCUT2D eigenvalue weighted by Gasteiger charge is -2.26. The Morgan fingerprint density at radius 2 is 2.11 bits per heavy atom. The van der Waals surface area contributed by atoms with Gasteiger partial charge in [0.15, 0.2) is 5.58 Å². The van der Waals surface area contributed by atoms with E-state index < -0.39 is 0 Å². The number of benzene rings is 1. The quantitative estimate of drug-likeness (QED) is 0.903. The molecule has 2 aromatic rings. The Bertz CT molecular complexity index is 634. The predicted octanol–water partition coefficient (Wildman–Crippen LogP) is 1.30. The number of hydrogen-bond donors (Lipinski definition) is 1. The van der Waals surface area contributed by atoms with Crippen molar-refractivity contribution in [3.05, 3.63) is 34.3 Å². The Morgan fingerprint density at radius 1 is 1.42 bits per heavy atom. The van der Waals surface area contributed by atoms with Gasteiger partial charge in [-0.1, -0.05) is 6.07 Å². The number of oxazole rings is 1. The van der Waals surface area contributed by atoms with Crippen LogP contribution in [0.2, 0.25) is 0 Å². The molecule has 5 nitrogen and oxygen atoms in total. The average molecular weight is 263 g/mol. The monoisotopic (exact) mass is 263 g/mol. The third-order valence-electron chi connectivity index (χ3n) is 2.99. The minimum absolute atomic E-state index is 0.224. The van der Waals surface area contributed by atoms with Crippen molar-refractivity contribution in [2.24, 2.45) is 12.8 Å². The van der Waals surface area contributed by atoms with Gasteiger partial charge in [-0.2, -0.15) is 0 Å². The van der Waals surface area contributed by atoms with Crippen LogP contribution in [-0.4, -0.2) is 28.6 Å². The van der Waals surface area contributed by atoms with E-state index in [4.69, 9.17) is 10.2 Å². The van der Waals surface area contributed by atoms with E-state index in [1.807, 2.05) is 39.1 Å². The van der Waals surface area contributed by atoms with Crippen LogP contribution in [0, 0.1) is 0 Å². The van der Waals surface area contributed by atoms with E-state index >= 15 is 0 Å². The summed E-state index contributed by atoms with van der Waals surface area (Å²) < 4.78 is 6.69. The fourth-order valence-corrected chi connectivity index (χ4v) is 2.34. The Hall–Kier alpha value is -1.59. The van der Waals surface area contributed by atoms with E-state index in [0.717, 1.165) is 24.2 Å². The smallest absolute Gasteiger partial charge is 0.408 e. The third-order valence-corrected chi connectivity index (χ3v) is 2.99. The number of aryl methyl sites for hydroxylation is 1. The van der Waals surface area contributed by atoms with Gasteiger partial charge in [-0.25, -0.2) is 4.79 Å². The molecule has 19 heavy (non-hydrogen) atoms. The number of nitrogens with zero attached hydrogens (tertiary/aromatic N) is 2. The fraction of sp³-hybridized carbons (Fsp3) is 0.500. The zero-order chi connectivity index (χ0) is 14.2. The molecule has 0 aliphatic carbocycles. The largest absolute Gasteiger partial charge is 0.419 e. The van der Waals surface area contributed by atoms with Gasteiger partial charge in [0.25, 0.3) is 0 Å². The molecule has 0 unspecified atom stereocenters. The van der Waals surface area contributed by atoms with Crippen LogP contribution in [0.25, 0.3) is 11.1 Å². The maximum atomic E-state index is 11.4. The van der Waals surface area contributed by atoms with E-state index in [0.29, 0.717) is 5.58 Å². The molecule has 5 heteroatoms. The summed E-state index contributed by atoms with van der Waals surface area (Å²) >= 11 is 0. The number of hydrogen-bond acceptors (Lipinski definition) is 4. The Morgan fingerprint density at radius 3 is 2.74 bits per heavy atom. The van der Waals surface area contributed by atoms with E-state index in [1.165, 1.54) is 4.57 Å². The lowest BCUT2D eigenvalue weighted by Crippen LogP contribution is -2.43. The first-order chi connectivity index (χ1) is 8.76. The average Bonchev–Trinajstić information content (AvgIpc) is 2.51. The SMILES string of the molecule is CN(Cc1ccc2c(c1)oc(=O)n2C)CC(C)(C)N. The molecule has 0 saturated heterocycles. The van der Waals surface area contributed by atoms with Gasteiger partial charge in [-0.05, 0) is 38.6 Å². The lowest BCUT2D eigenvalue weighted by atomic mass is 10.1. The Kier molecular flexibility index (Phi) is 3.52. The summed E-state index contributed by atoms with van der Waals surface area (Å²) in [5, 5.41) is 0. The standard InChI is InChI=1S/C14H21N3O2/c1-14(2,15)9-16(3)8-10-5-6-11-12(7-10)19-13(18)17(11)4/h5-7H,8-9,15H2,1-4H3. The lowest BCUT2D eigenvalue weighted by molar-refractivity contribution is 0.263. The molecule has 1 aromatic heterocycles. The summed E-state index contributed by atoms with van der Waals surface area (Å²) in [6.07, 6.45) is 0. The van der Waals surface area contributed by atoms with E-state index in [2.05, 4.69) is 4.90 Å². The van der Waals surface area contributed by atoms with Crippen LogP contribution in [0.4, 0.5) is 0 Å². The molecule has 0 spiro atoms. The van der Waals surface area contributed by atoms with Crippen molar-refractivity contribution in [3.63, 3.8) is 0 Å². The van der Waals surface area contributed by atoms with E-state index in [9.17, 15) is 4.79 Å². The maximum Gasteiger partial charge on any atom is 0.419 e. The number of nitrogens with two attached hydrogens (primary N) is 1. The van der Waals surface area contributed by atoms with Crippen LogP contribution >= 0.6 is 0 Å². The molecule has 0 radical (unpaired) electrons. The second kappa shape index (κ2) is 4.83. The second-order valence-corrected chi connectivity index (χ2v) is 5.89. The van der Waals surface area contributed by atoms with Crippen molar-refractivity contribution in [1.29, 1.82) is 0 Å². The highest BCUT2D eigenvalue weighted by Crippen LogP contribution is 2.15. The van der Waals surface area contributed by atoms with Crippen molar-refractivity contribution >= 4 is 11.1 Å². The van der Waals surface area contributed by atoms with Crippen molar-refractivity contribution in [2.45, 2.75) is 25.9 Å². The van der Waals surface area contributed by atoms with Crippen LogP contribution in [-0.2, 0) is 13.6 Å². The minimum atomic E-state index is -0.330. The molecule has 2 rings (SSSR count). The van der Waals surface area contributed by atoms with Crippen molar-refractivity contribution in [1.82, 2.24) is 9.47 Å². The molecule has 0 saturated carbocycles. The molecule has 1 heterocycles. The molecule has 0 atom stereocenters. The van der Waals surface area contributed by atoms with Gasteiger partial charge in [0.05, 0.1) is 5.52 Å². The molecular weight excluding hydrogens is 242 g/mol. The van der Waals surface area contributed by atoms with Crippen LogP contribution < -0.4 is 11.5 Å². The number of likely N-dealkylation sites (N-methyl/N-ethyl adjacent to an activating group) is 1. The molecule has 0 fully saturated rings. The topological polar surface area (TPSA) is 64.4 Å². The van der Waals surface area contributed by atoms with Gasteiger partial charge in [0.1, 0.15) is 0 Å². The normalized spacial score (nSPS) is 12.5. The van der Waals surface area contributed by atoms with Crippen molar-refractivity contribution in [3.8, 4) is 0 Å². The first kappa shape index (κ1) is 13.8. The highest BCUT2D eigenvalue weighted by atomic mass is 16.4. The number of fused-ring (bicyclic) bond motifs is 1. The van der Waals surface area contributed by atoms with Crippen LogP contribution in [0.3, 0.4) is 0 Å². The molecule has 0 amide bonds. The summed E-state index contributed by atoms with van der Waals surface area (Å²) in [6.45, 7) is 5.57. The number of rotatable bonds is 4. The fourth-order valence-electron chi connectivity index (χ4n) is 2.34. The molecule has 0 aliphatic rings. The molecule has 2 N–H and O–H groups in total. The van der Waals surface area contributed by atoms with Crippen molar-refractivity contribution < 1.29 is 4.42 Å². The summed E-state index contributed by atoms with van der Waals surface area (Å²) in [7, 11) is 3.73. The van der Waals surface area contributed by atoms with E-state index in [-0.39, 0.29) is 11.3 Å². The van der Waals surface area contributed by atoms with Gasteiger partial charge in [-0.3, -0.25) is 4.57 Å². The molecule has 0 aliphatic heterocycles. The molecule has 0 bridgehead atoms. The van der Waals surface area contributed by atoms with Crippen LogP contribution in [0.15, 0.2) is 27.4 Å². The Balaban J connectivity index is 2.20. The summed E-state index contributed by atoms with van der Waals surface area (Å²) in [5.74, 6) is -0.330. The minimum Gasteiger partial charge on any atom is -0.408 e. The zero-order valence-electron chi connectivity index (χ0n) is 11.9. The summed E-state index contributed by atoms with van der Waals surface area (Å²) in [4.78, 5) is 13.6. The summed E-state index contributed by atoms with van der Waals surface area (Å²) in [6, 6.07) is 5.84. The van der Waals surface area contributed by atoms with Crippen LogP contribution in [0.5, 0.6) is 0 Å².